The van der Waals surface area contributed by atoms with Crippen LogP contribution in [0.2, 0.25) is 0 Å². The van der Waals surface area contributed by atoms with Crippen LogP contribution in [0.5, 0.6) is 0 Å². The van der Waals surface area contributed by atoms with E-state index in [1.807, 2.05) is 6.92 Å². The maximum atomic E-state index is 9.66. The molecule has 0 aromatic carbocycles. The molecule has 0 rings (SSSR count). The fraction of sp³-hybridized carbons (Fsp3) is 0.800. The fourth-order valence-electron chi connectivity index (χ4n) is 0.263. The molecule has 1 unspecified atom stereocenters. The highest BCUT2D eigenvalue weighted by molar-refractivity contribution is 5.46. The summed E-state index contributed by atoms with van der Waals surface area (Å²) in [7, 11) is 0. The second kappa shape index (κ2) is 3.43. The van der Waals surface area contributed by atoms with E-state index in [0.29, 0.717) is 5.06 Å². The number of hydroxylamine groups is 2. The molecular weight excluding hydrogens is 106 g/mol. The first-order valence-electron chi connectivity index (χ1n) is 2.58. The molecule has 3 heteroatoms. The maximum Gasteiger partial charge on any atom is 0.337 e. The van der Waals surface area contributed by atoms with Crippen LogP contribution < -0.4 is 0 Å². The number of amides is 1. The van der Waals surface area contributed by atoms with Gasteiger partial charge in [-0.3, -0.25) is 10.0 Å². The summed E-state index contributed by atoms with van der Waals surface area (Å²) < 4.78 is 0. The van der Waals surface area contributed by atoms with Gasteiger partial charge in [0, 0.05) is 0 Å². The predicted octanol–water partition coefficient (Wildman–Crippen LogP) is 0.543. The minimum absolute atomic E-state index is 0.118. The van der Waals surface area contributed by atoms with Crippen molar-refractivity contribution in [2.75, 3.05) is 0 Å². The summed E-state index contributed by atoms with van der Waals surface area (Å²) in [5.41, 5.74) is 0. The number of hydrogen-bond donors (Lipinski definition) is 1. The van der Waals surface area contributed by atoms with Crippen molar-refractivity contribution in [2.24, 2.45) is 0 Å². The monoisotopic (exact) mass is 116 g/mol. The van der Waals surface area contributed by atoms with Crippen molar-refractivity contribution < 1.29 is 10.0 Å². The fourth-order valence-corrected chi connectivity index (χ4v) is 0.263. The standard InChI is InChI=1S/C5H10NO2/c1-3-5(2)6(8)4-7/h5,8H,3H2,1-2H3. The van der Waals surface area contributed by atoms with Crippen molar-refractivity contribution >= 4 is 6.41 Å². The lowest BCUT2D eigenvalue weighted by Crippen LogP contribution is -2.27. The van der Waals surface area contributed by atoms with Gasteiger partial charge >= 0.3 is 6.41 Å². The molecule has 1 amide bonds. The van der Waals surface area contributed by atoms with Crippen molar-refractivity contribution in [3.05, 3.63) is 0 Å². The van der Waals surface area contributed by atoms with Crippen LogP contribution in [0.3, 0.4) is 0 Å². The average Bonchev–Trinajstić information content (AvgIpc) is 1.84. The van der Waals surface area contributed by atoms with Gasteiger partial charge in [0.15, 0.2) is 0 Å². The van der Waals surface area contributed by atoms with Gasteiger partial charge in [-0.15, -0.1) is 0 Å². The number of hydrogen-bond acceptors (Lipinski definition) is 2. The zero-order chi connectivity index (χ0) is 6.57. The molecule has 0 aliphatic heterocycles. The van der Waals surface area contributed by atoms with Crippen molar-refractivity contribution in [2.45, 2.75) is 26.3 Å². The highest BCUT2D eigenvalue weighted by Crippen LogP contribution is 1.94. The van der Waals surface area contributed by atoms with Gasteiger partial charge in [-0.2, -0.15) is 0 Å². The van der Waals surface area contributed by atoms with E-state index in [9.17, 15) is 4.79 Å². The summed E-state index contributed by atoms with van der Waals surface area (Å²) in [5.74, 6) is 0. The first-order chi connectivity index (χ1) is 3.72. The van der Waals surface area contributed by atoms with Gasteiger partial charge in [-0.05, 0) is 13.3 Å². The molecule has 0 aliphatic carbocycles. The minimum Gasteiger partial charge on any atom is -0.285 e. The Balaban J connectivity index is 3.44. The maximum absolute atomic E-state index is 9.66. The van der Waals surface area contributed by atoms with Gasteiger partial charge in [0.25, 0.3) is 0 Å². The van der Waals surface area contributed by atoms with Gasteiger partial charge in [0.2, 0.25) is 0 Å². The Morgan fingerprint density at radius 2 is 2.38 bits per heavy atom. The van der Waals surface area contributed by atoms with Crippen molar-refractivity contribution in [1.29, 1.82) is 0 Å². The summed E-state index contributed by atoms with van der Waals surface area (Å²) in [6, 6.07) is -0.118. The lowest BCUT2D eigenvalue weighted by molar-refractivity contribution is -0.0504. The molecule has 0 saturated carbocycles. The summed E-state index contributed by atoms with van der Waals surface area (Å²) >= 11 is 0. The Labute approximate surface area is 48.9 Å². The van der Waals surface area contributed by atoms with Crippen molar-refractivity contribution in [3.8, 4) is 0 Å². The van der Waals surface area contributed by atoms with Crippen LogP contribution in [0, 0.1) is 0 Å². The third-order valence-electron chi connectivity index (χ3n) is 1.10. The highest BCUT2D eigenvalue weighted by Gasteiger charge is 2.04. The molecule has 0 aliphatic rings. The molecule has 1 N–H and O–H groups in total. The Hall–Kier alpha value is -0.570. The smallest absolute Gasteiger partial charge is 0.285 e. The van der Waals surface area contributed by atoms with Crippen molar-refractivity contribution in [3.63, 3.8) is 0 Å². The Bertz CT molecular complexity index is 74.8. The highest BCUT2D eigenvalue weighted by atomic mass is 16.5. The van der Waals surface area contributed by atoms with E-state index in [0.717, 1.165) is 6.42 Å². The van der Waals surface area contributed by atoms with E-state index < -0.39 is 0 Å². The summed E-state index contributed by atoms with van der Waals surface area (Å²) in [6.07, 6.45) is 2.10. The summed E-state index contributed by atoms with van der Waals surface area (Å²) in [6.45, 7) is 3.62. The Kier molecular flexibility index (Phi) is 3.19. The largest absolute Gasteiger partial charge is 0.337 e. The molecule has 3 nitrogen and oxygen atoms in total. The lowest BCUT2D eigenvalue weighted by Gasteiger charge is -2.13. The van der Waals surface area contributed by atoms with Crippen LogP contribution in [0.25, 0.3) is 0 Å². The normalized spacial score (nSPS) is 12.9. The van der Waals surface area contributed by atoms with E-state index in [-0.39, 0.29) is 6.04 Å². The molecule has 0 saturated heterocycles. The van der Waals surface area contributed by atoms with Gasteiger partial charge in [0.05, 0.1) is 6.04 Å². The molecule has 0 heterocycles. The van der Waals surface area contributed by atoms with E-state index in [4.69, 9.17) is 5.21 Å². The van der Waals surface area contributed by atoms with Crippen molar-refractivity contribution in [1.82, 2.24) is 5.06 Å². The van der Waals surface area contributed by atoms with E-state index in [2.05, 4.69) is 0 Å². The molecule has 47 valence electrons. The van der Waals surface area contributed by atoms with Crippen LogP contribution in [-0.4, -0.2) is 22.7 Å². The second-order valence-electron chi connectivity index (χ2n) is 1.69. The molecule has 0 aromatic heterocycles. The molecule has 8 heavy (non-hydrogen) atoms. The first kappa shape index (κ1) is 7.43. The zero-order valence-electron chi connectivity index (χ0n) is 5.09. The Morgan fingerprint density at radius 1 is 1.88 bits per heavy atom. The summed E-state index contributed by atoms with van der Waals surface area (Å²) in [5, 5.41) is 9.08. The van der Waals surface area contributed by atoms with Crippen LogP contribution in [0.15, 0.2) is 0 Å². The molecule has 0 spiro atoms. The van der Waals surface area contributed by atoms with E-state index in [1.54, 1.807) is 6.92 Å². The number of nitrogens with zero attached hydrogens (tertiary/aromatic N) is 1. The topological polar surface area (TPSA) is 40.5 Å². The van der Waals surface area contributed by atoms with Crippen LogP contribution in [0.4, 0.5) is 0 Å². The number of carbonyl (C=O) groups excluding carboxylic acids is 1. The SMILES string of the molecule is CCC(C)N(O)[C]=O. The summed E-state index contributed by atoms with van der Waals surface area (Å²) in [4.78, 5) is 9.66. The van der Waals surface area contributed by atoms with E-state index >= 15 is 0 Å². The molecule has 0 bridgehead atoms. The molecular formula is C5H10NO2. The van der Waals surface area contributed by atoms with Gasteiger partial charge in [-0.25, -0.2) is 5.06 Å². The average molecular weight is 116 g/mol. The third-order valence-corrected chi connectivity index (χ3v) is 1.10. The molecule has 1 radical (unpaired) electrons. The molecule has 0 aromatic rings. The zero-order valence-corrected chi connectivity index (χ0v) is 5.09. The quantitative estimate of drug-likeness (QED) is 0.332. The van der Waals surface area contributed by atoms with Crippen LogP contribution in [-0.2, 0) is 4.79 Å². The van der Waals surface area contributed by atoms with Gasteiger partial charge in [-0.1, -0.05) is 6.92 Å². The molecule has 0 fully saturated rings. The van der Waals surface area contributed by atoms with E-state index in [1.165, 1.54) is 6.41 Å². The van der Waals surface area contributed by atoms with Gasteiger partial charge in [0.1, 0.15) is 0 Å². The minimum atomic E-state index is -0.118. The van der Waals surface area contributed by atoms with Gasteiger partial charge < -0.3 is 0 Å². The second-order valence-corrected chi connectivity index (χ2v) is 1.69. The number of rotatable bonds is 3. The molecule has 1 atom stereocenters. The lowest BCUT2D eigenvalue weighted by atomic mass is 10.3. The predicted molar refractivity (Wildman–Crippen MR) is 29.1 cm³/mol. The Morgan fingerprint density at radius 3 is 2.50 bits per heavy atom. The first-order valence-corrected chi connectivity index (χ1v) is 2.58. The van der Waals surface area contributed by atoms with Crippen LogP contribution >= 0.6 is 0 Å². The van der Waals surface area contributed by atoms with Crippen LogP contribution in [0.1, 0.15) is 20.3 Å². The third kappa shape index (κ3) is 1.93.